The average Bonchev–Trinajstić information content (AvgIpc) is 3.10. The number of fused-ring (bicyclic) bond motifs is 1. The second kappa shape index (κ2) is 7.71. The molecule has 0 spiro atoms. The summed E-state index contributed by atoms with van der Waals surface area (Å²) in [5.41, 5.74) is 1.99. The fraction of sp³-hybridized carbons (Fsp3) is 0.381. The van der Waals surface area contributed by atoms with Crippen LogP contribution >= 0.6 is 0 Å². The molecule has 6 nitrogen and oxygen atoms in total. The van der Waals surface area contributed by atoms with Crippen LogP contribution in [0.2, 0.25) is 0 Å². The van der Waals surface area contributed by atoms with Crippen molar-refractivity contribution in [1.82, 2.24) is 15.1 Å². The van der Waals surface area contributed by atoms with E-state index in [0.29, 0.717) is 11.1 Å². The Balaban J connectivity index is 1.77. The SMILES string of the molecule is Cc1cc(C(F)(F)F)cc(OC=O)c1-c1cc2occ(C3CCCN(C)C3)c2nn1. The van der Waals surface area contributed by atoms with Crippen LogP contribution in [0.15, 0.2) is 28.9 Å². The molecule has 1 atom stereocenters. The van der Waals surface area contributed by atoms with Crippen molar-refractivity contribution in [1.29, 1.82) is 0 Å². The molecule has 0 aliphatic carbocycles. The lowest BCUT2D eigenvalue weighted by atomic mass is 9.92. The number of hydrogen-bond acceptors (Lipinski definition) is 6. The van der Waals surface area contributed by atoms with Gasteiger partial charge in [0.05, 0.1) is 11.8 Å². The summed E-state index contributed by atoms with van der Waals surface area (Å²) in [5.74, 6) is 0.0542. The predicted molar refractivity (Wildman–Crippen MR) is 103 cm³/mol. The van der Waals surface area contributed by atoms with Gasteiger partial charge in [-0.3, -0.25) is 4.79 Å². The largest absolute Gasteiger partial charge is 0.462 e. The Morgan fingerprint density at radius 3 is 2.77 bits per heavy atom. The summed E-state index contributed by atoms with van der Waals surface area (Å²) in [6.07, 6.45) is -0.785. The molecule has 0 saturated carbocycles. The van der Waals surface area contributed by atoms with Gasteiger partial charge >= 0.3 is 6.18 Å². The molecule has 1 aliphatic heterocycles. The van der Waals surface area contributed by atoms with Crippen molar-refractivity contribution in [2.45, 2.75) is 31.9 Å². The number of likely N-dealkylation sites (tertiary alicyclic amines) is 1. The van der Waals surface area contributed by atoms with Gasteiger partial charge in [0, 0.05) is 29.7 Å². The number of ether oxygens (including phenoxy) is 1. The third-order valence-corrected chi connectivity index (χ3v) is 5.47. The van der Waals surface area contributed by atoms with E-state index in [1.807, 2.05) is 0 Å². The Hall–Kier alpha value is -2.94. The predicted octanol–water partition coefficient (Wildman–Crippen LogP) is 4.56. The summed E-state index contributed by atoms with van der Waals surface area (Å²) in [4.78, 5) is 13.1. The van der Waals surface area contributed by atoms with E-state index in [0.717, 1.165) is 43.6 Å². The van der Waals surface area contributed by atoms with Crippen LogP contribution in [0.5, 0.6) is 5.75 Å². The van der Waals surface area contributed by atoms with E-state index < -0.39 is 11.7 Å². The molecule has 3 heterocycles. The van der Waals surface area contributed by atoms with Gasteiger partial charge in [-0.05, 0) is 51.1 Å². The van der Waals surface area contributed by atoms with Crippen molar-refractivity contribution >= 4 is 17.6 Å². The first-order chi connectivity index (χ1) is 14.3. The molecular weight excluding hydrogens is 399 g/mol. The lowest BCUT2D eigenvalue weighted by Gasteiger charge is -2.28. The number of aryl methyl sites for hydroxylation is 1. The van der Waals surface area contributed by atoms with Crippen LogP contribution < -0.4 is 4.74 Å². The number of benzene rings is 1. The van der Waals surface area contributed by atoms with Crippen molar-refractivity contribution in [2.24, 2.45) is 0 Å². The summed E-state index contributed by atoms with van der Waals surface area (Å²) < 4.78 is 50.0. The number of halogens is 3. The third kappa shape index (κ3) is 3.77. The van der Waals surface area contributed by atoms with Crippen LogP contribution in [0, 0.1) is 6.92 Å². The first-order valence-corrected chi connectivity index (χ1v) is 9.54. The number of hydrogen-bond donors (Lipinski definition) is 0. The zero-order chi connectivity index (χ0) is 21.5. The zero-order valence-electron chi connectivity index (χ0n) is 16.5. The molecule has 0 N–H and O–H groups in total. The van der Waals surface area contributed by atoms with Gasteiger partial charge in [-0.1, -0.05) is 0 Å². The summed E-state index contributed by atoms with van der Waals surface area (Å²) in [5, 5.41) is 8.52. The number of piperidine rings is 1. The van der Waals surface area contributed by atoms with E-state index in [2.05, 4.69) is 22.1 Å². The molecule has 1 fully saturated rings. The highest BCUT2D eigenvalue weighted by molar-refractivity contribution is 5.83. The molecule has 9 heteroatoms. The molecule has 1 aliphatic rings. The maximum atomic E-state index is 13.1. The fourth-order valence-electron chi connectivity index (χ4n) is 4.07. The molecule has 2 aromatic heterocycles. The first kappa shape index (κ1) is 20.3. The second-order valence-corrected chi connectivity index (χ2v) is 7.61. The van der Waals surface area contributed by atoms with Crippen LogP contribution in [0.1, 0.15) is 35.4 Å². The average molecular weight is 419 g/mol. The molecule has 1 unspecified atom stereocenters. The second-order valence-electron chi connectivity index (χ2n) is 7.61. The number of furan rings is 1. The number of carbonyl (C=O) groups is 1. The summed E-state index contributed by atoms with van der Waals surface area (Å²) in [6, 6.07) is 3.39. The van der Waals surface area contributed by atoms with Crippen molar-refractivity contribution in [2.75, 3.05) is 20.1 Å². The zero-order valence-corrected chi connectivity index (χ0v) is 16.5. The minimum atomic E-state index is -4.57. The highest BCUT2D eigenvalue weighted by Crippen LogP contribution is 2.40. The molecular formula is C21H20F3N3O3. The van der Waals surface area contributed by atoms with Crippen LogP contribution in [0.25, 0.3) is 22.4 Å². The minimum absolute atomic E-state index is 0.0922. The lowest BCUT2D eigenvalue weighted by molar-refractivity contribution is -0.138. The Bertz CT molecular complexity index is 1090. The first-order valence-electron chi connectivity index (χ1n) is 9.54. The maximum Gasteiger partial charge on any atom is 0.416 e. The van der Waals surface area contributed by atoms with Gasteiger partial charge in [-0.25, -0.2) is 0 Å². The molecule has 30 heavy (non-hydrogen) atoms. The van der Waals surface area contributed by atoms with E-state index in [9.17, 15) is 18.0 Å². The number of carbonyl (C=O) groups excluding carboxylic acids is 1. The summed E-state index contributed by atoms with van der Waals surface area (Å²) in [7, 11) is 2.07. The molecule has 3 aromatic rings. The third-order valence-electron chi connectivity index (χ3n) is 5.47. The Morgan fingerprint density at radius 1 is 1.27 bits per heavy atom. The highest BCUT2D eigenvalue weighted by Gasteiger charge is 2.33. The number of rotatable bonds is 4. The van der Waals surface area contributed by atoms with Crippen molar-refractivity contribution in [3.63, 3.8) is 0 Å². The topological polar surface area (TPSA) is 68.5 Å². The lowest BCUT2D eigenvalue weighted by Crippen LogP contribution is -2.30. The smallest absolute Gasteiger partial charge is 0.416 e. The highest BCUT2D eigenvalue weighted by atomic mass is 19.4. The molecule has 158 valence electrons. The van der Waals surface area contributed by atoms with E-state index >= 15 is 0 Å². The Morgan fingerprint density at radius 2 is 2.07 bits per heavy atom. The van der Waals surface area contributed by atoms with Gasteiger partial charge in [0.1, 0.15) is 17.0 Å². The Kier molecular flexibility index (Phi) is 5.23. The molecule has 0 amide bonds. The van der Waals surface area contributed by atoms with Crippen molar-refractivity contribution in [3.05, 3.63) is 41.2 Å². The normalized spacial score (nSPS) is 18.0. The molecule has 0 bridgehead atoms. The van der Waals surface area contributed by atoms with Gasteiger partial charge in [0.15, 0.2) is 5.58 Å². The van der Waals surface area contributed by atoms with Gasteiger partial charge in [-0.2, -0.15) is 13.2 Å². The minimum Gasteiger partial charge on any atom is -0.462 e. The fourth-order valence-corrected chi connectivity index (χ4v) is 4.07. The standard InChI is InChI=1S/C21H20F3N3O3/c1-12-6-14(21(22,23)24)7-17(30-11-28)19(12)16-8-18-20(26-25-16)15(10-29-18)13-4-3-5-27(2)9-13/h6-8,10-11,13H,3-5,9H2,1-2H3. The van der Waals surface area contributed by atoms with Crippen LogP contribution in [-0.2, 0) is 11.0 Å². The van der Waals surface area contributed by atoms with Gasteiger partial charge in [0.25, 0.3) is 6.47 Å². The van der Waals surface area contributed by atoms with Gasteiger partial charge < -0.3 is 14.1 Å². The van der Waals surface area contributed by atoms with Crippen LogP contribution in [0.4, 0.5) is 13.2 Å². The van der Waals surface area contributed by atoms with Crippen molar-refractivity contribution < 1.29 is 27.1 Å². The summed E-state index contributed by atoms with van der Waals surface area (Å²) in [6.45, 7) is 3.54. The Labute approximate surface area is 170 Å². The van der Waals surface area contributed by atoms with E-state index in [4.69, 9.17) is 9.15 Å². The number of likely N-dealkylation sites (N-methyl/N-ethyl adjacent to an activating group) is 1. The number of alkyl halides is 3. The van der Waals surface area contributed by atoms with Crippen LogP contribution in [0.3, 0.4) is 0 Å². The van der Waals surface area contributed by atoms with E-state index in [1.165, 1.54) is 6.92 Å². The molecule has 0 radical (unpaired) electrons. The van der Waals surface area contributed by atoms with Gasteiger partial charge in [-0.15, -0.1) is 10.2 Å². The quantitative estimate of drug-likeness (QED) is 0.578. The molecule has 1 saturated heterocycles. The van der Waals surface area contributed by atoms with E-state index in [-0.39, 0.29) is 35.0 Å². The van der Waals surface area contributed by atoms with Gasteiger partial charge in [0.2, 0.25) is 0 Å². The monoisotopic (exact) mass is 419 g/mol. The molecule has 1 aromatic carbocycles. The van der Waals surface area contributed by atoms with Crippen molar-refractivity contribution in [3.8, 4) is 17.0 Å². The number of aromatic nitrogens is 2. The van der Waals surface area contributed by atoms with Crippen LogP contribution in [-0.4, -0.2) is 41.7 Å². The summed E-state index contributed by atoms with van der Waals surface area (Å²) >= 11 is 0. The van der Waals surface area contributed by atoms with E-state index in [1.54, 1.807) is 12.3 Å². The number of nitrogens with zero attached hydrogens (tertiary/aromatic N) is 3. The maximum absolute atomic E-state index is 13.1. The molecule has 4 rings (SSSR count).